The second kappa shape index (κ2) is 14.5. The number of rotatable bonds is 10. The lowest BCUT2D eigenvalue weighted by atomic mass is 9.95. The van der Waals surface area contributed by atoms with Gasteiger partial charge in [0.05, 0.1) is 11.7 Å². The molecule has 2 aliphatic rings. The summed E-state index contributed by atoms with van der Waals surface area (Å²) in [5.41, 5.74) is 8.71. The van der Waals surface area contributed by atoms with Gasteiger partial charge in [-0.05, 0) is 75.2 Å². The van der Waals surface area contributed by atoms with E-state index in [1.165, 1.54) is 35.1 Å². The van der Waals surface area contributed by atoms with Crippen molar-refractivity contribution in [1.82, 2.24) is 20.2 Å². The van der Waals surface area contributed by atoms with E-state index in [1.807, 2.05) is 25.1 Å². The summed E-state index contributed by atoms with van der Waals surface area (Å²) in [4.78, 5) is 21.2. The molecule has 1 unspecified atom stereocenters. The molecule has 4 aromatic rings. The first-order chi connectivity index (χ1) is 22.4. The second-order valence-electron chi connectivity index (χ2n) is 12.4. The van der Waals surface area contributed by atoms with Gasteiger partial charge in [0.25, 0.3) is 0 Å². The van der Waals surface area contributed by atoms with Gasteiger partial charge >= 0.3 is 0 Å². The zero-order valence-corrected chi connectivity index (χ0v) is 28.0. The van der Waals surface area contributed by atoms with E-state index in [-0.39, 0.29) is 6.04 Å². The molecule has 238 valence electrons. The van der Waals surface area contributed by atoms with Crippen molar-refractivity contribution >= 4 is 41.5 Å². The Hall–Kier alpha value is -4.20. The van der Waals surface area contributed by atoms with E-state index in [4.69, 9.17) is 21.6 Å². The molecule has 0 amide bonds. The Kier molecular flexibility index (Phi) is 10.0. The molecule has 2 fully saturated rings. The largest absolute Gasteiger partial charge is 0.374 e. The maximum absolute atomic E-state index is 6.27. The summed E-state index contributed by atoms with van der Waals surface area (Å²) < 4.78 is 0. The van der Waals surface area contributed by atoms with Gasteiger partial charge in [0.1, 0.15) is 5.82 Å². The molecular formula is C38H44ClN7. The fourth-order valence-corrected chi connectivity index (χ4v) is 6.59. The van der Waals surface area contributed by atoms with Crippen LogP contribution in [0.5, 0.6) is 0 Å². The van der Waals surface area contributed by atoms with Crippen molar-refractivity contribution in [3.8, 4) is 0 Å². The van der Waals surface area contributed by atoms with Crippen molar-refractivity contribution in [2.45, 2.75) is 46.2 Å². The summed E-state index contributed by atoms with van der Waals surface area (Å²) in [6, 6.07) is 25.6. The molecule has 2 aliphatic heterocycles. The number of anilines is 2. The molecule has 46 heavy (non-hydrogen) atoms. The number of benzene rings is 3. The zero-order chi connectivity index (χ0) is 32.0. The van der Waals surface area contributed by atoms with Crippen molar-refractivity contribution < 1.29 is 0 Å². The van der Waals surface area contributed by atoms with Gasteiger partial charge in [0.2, 0.25) is 5.95 Å². The van der Waals surface area contributed by atoms with E-state index in [9.17, 15) is 0 Å². The lowest BCUT2D eigenvalue weighted by Crippen LogP contribution is -2.46. The van der Waals surface area contributed by atoms with Gasteiger partial charge in [-0.1, -0.05) is 71.8 Å². The normalized spacial score (nSPS) is 16.5. The monoisotopic (exact) mass is 633 g/mol. The molecular weight excluding hydrogens is 590 g/mol. The summed E-state index contributed by atoms with van der Waals surface area (Å²) in [6.07, 6.45) is 4.54. The Bertz CT molecular complexity index is 1670. The number of hydrogen-bond acceptors (Lipinski definition) is 7. The summed E-state index contributed by atoms with van der Waals surface area (Å²) in [5.74, 6) is 1.95. The number of aromatic nitrogens is 2. The Labute approximate surface area is 278 Å². The van der Waals surface area contributed by atoms with Crippen LogP contribution in [0.25, 0.3) is 5.70 Å². The molecule has 1 aromatic heterocycles. The maximum Gasteiger partial charge on any atom is 0.227 e. The van der Waals surface area contributed by atoms with Gasteiger partial charge in [0, 0.05) is 73.9 Å². The quantitative estimate of drug-likeness (QED) is 0.180. The fraction of sp³-hybridized carbons (Fsp3) is 0.342. The van der Waals surface area contributed by atoms with E-state index in [2.05, 4.69) is 106 Å². The van der Waals surface area contributed by atoms with Crippen LogP contribution in [0.3, 0.4) is 0 Å². The molecule has 6 rings (SSSR count). The highest BCUT2D eigenvalue weighted by Crippen LogP contribution is 2.32. The van der Waals surface area contributed by atoms with Crippen LogP contribution in [0.2, 0.25) is 5.02 Å². The van der Waals surface area contributed by atoms with Crippen molar-refractivity contribution in [1.29, 1.82) is 0 Å². The van der Waals surface area contributed by atoms with E-state index < -0.39 is 0 Å². The number of aliphatic imine (C=N–C) groups is 1. The third-order valence-corrected chi connectivity index (χ3v) is 9.29. The smallest absolute Gasteiger partial charge is 0.227 e. The predicted octanol–water partition coefficient (Wildman–Crippen LogP) is 7.74. The summed E-state index contributed by atoms with van der Waals surface area (Å²) >= 11 is 6.27. The first-order valence-electron chi connectivity index (χ1n) is 16.3. The number of halogens is 1. The standard InChI is InChI=1S/C38H44ClN7/c1-5-34(33-17-16-32(39)25-35(33)40-4)42-37(30-12-8-27(2)9-13-30)31-14-10-29(11-15-31)26-44-20-22-45(23-21-44)36-24-28(3)41-38(43-36)46-18-6-7-19-46/h5,8-17,24-25,37,42H,4,6-7,18-23,26H2,1-3H3/b34-5+. The minimum absolute atomic E-state index is 0.0421. The van der Waals surface area contributed by atoms with E-state index in [0.717, 1.165) is 80.2 Å². The van der Waals surface area contributed by atoms with Crippen molar-refractivity contribution in [3.63, 3.8) is 0 Å². The van der Waals surface area contributed by atoms with Crippen LogP contribution in [0, 0.1) is 13.8 Å². The van der Waals surface area contributed by atoms with Crippen molar-refractivity contribution in [3.05, 3.63) is 117 Å². The lowest BCUT2D eigenvalue weighted by molar-refractivity contribution is 0.249. The Morgan fingerprint density at radius 3 is 2.20 bits per heavy atom. The number of piperazine rings is 1. The molecule has 8 heteroatoms. The summed E-state index contributed by atoms with van der Waals surface area (Å²) in [5, 5.41) is 4.46. The first-order valence-corrected chi connectivity index (χ1v) is 16.7. The highest BCUT2D eigenvalue weighted by molar-refractivity contribution is 6.30. The topological polar surface area (TPSA) is 59.9 Å². The molecule has 0 aliphatic carbocycles. The Balaban J connectivity index is 1.14. The Morgan fingerprint density at radius 2 is 1.54 bits per heavy atom. The molecule has 3 heterocycles. The van der Waals surface area contributed by atoms with Gasteiger partial charge < -0.3 is 15.1 Å². The molecule has 0 radical (unpaired) electrons. The minimum atomic E-state index is -0.0421. The Morgan fingerprint density at radius 1 is 0.870 bits per heavy atom. The highest BCUT2D eigenvalue weighted by atomic mass is 35.5. The number of hydrogen-bond donors (Lipinski definition) is 1. The van der Waals surface area contributed by atoms with Crippen LogP contribution in [-0.2, 0) is 6.54 Å². The highest BCUT2D eigenvalue weighted by Gasteiger charge is 2.22. The average molecular weight is 634 g/mol. The third-order valence-electron chi connectivity index (χ3n) is 9.05. The SMILES string of the molecule is C=Nc1cc(Cl)ccc1/C(=C\C)NC(c1ccc(C)cc1)c1ccc(CN2CCN(c3cc(C)nc(N4CCCC4)n3)CC2)cc1. The van der Waals surface area contributed by atoms with Crippen LogP contribution >= 0.6 is 11.6 Å². The zero-order valence-electron chi connectivity index (χ0n) is 27.2. The van der Waals surface area contributed by atoms with Crippen LogP contribution in [0.1, 0.15) is 59.3 Å². The molecule has 1 N–H and O–H groups in total. The van der Waals surface area contributed by atoms with Gasteiger partial charge in [-0.25, -0.2) is 4.98 Å². The van der Waals surface area contributed by atoms with Crippen LogP contribution in [0.4, 0.5) is 17.5 Å². The fourth-order valence-electron chi connectivity index (χ4n) is 6.42. The van der Waals surface area contributed by atoms with E-state index in [0.29, 0.717) is 5.02 Å². The van der Waals surface area contributed by atoms with E-state index in [1.54, 1.807) is 0 Å². The first kappa shape index (κ1) is 31.8. The van der Waals surface area contributed by atoms with Gasteiger partial charge in [-0.3, -0.25) is 9.89 Å². The molecule has 3 aromatic carbocycles. The number of nitrogens with one attached hydrogen (secondary N) is 1. The van der Waals surface area contributed by atoms with Crippen LogP contribution < -0.4 is 15.1 Å². The number of allylic oxidation sites excluding steroid dienone is 1. The summed E-state index contributed by atoms with van der Waals surface area (Å²) in [6.45, 7) is 17.0. The molecule has 0 bridgehead atoms. The summed E-state index contributed by atoms with van der Waals surface area (Å²) in [7, 11) is 0. The molecule has 7 nitrogen and oxygen atoms in total. The van der Waals surface area contributed by atoms with Crippen LogP contribution in [-0.4, -0.2) is 60.9 Å². The number of aryl methyl sites for hydroxylation is 2. The van der Waals surface area contributed by atoms with Crippen LogP contribution in [0.15, 0.2) is 83.9 Å². The number of nitrogens with zero attached hydrogens (tertiary/aromatic N) is 6. The molecule has 0 saturated carbocycles. The van der Waals surface area contributed by atoms with Gasteiger partial charge in [-0.2, -0.15) is 4.98 Å². The second-order valence-corrected chi connectivity index (χ2v) is 12.8. The van der Waals surface area contributed by atoms with Crippen molar-refractivity contribution in [2.24, 2.45) is 4.99 Å². The molecule has 1 atom stereocenters. The average Bonchev–Trinajstić information content (AvgIpc) is 3.62. The maximum atomic E-state index is 6.27. The lowest BCUT2D eigenvalue weighted by Gasteiger charge is -2.35. The molecule has 2 saturated heterocycles. The van der Waals surface area contributed by atoms with Crippen molar-refractivity contribution in [2.75, 3.05) is 49.1 Å². The van der Waals surface area contributed by atoms with Gasteiger partial charge in [-0.15, -0.1) is 0 Å². The molecule has 0 spiro atoms. The predicted molar refractivity (Wildman–Crippen MR) is 193 cm³/mol. The third kappa shape index (κ3) is 7.43. The van der Waals surface area contributed by atoms with Gasteiger partial charge in [0.15, 0.2) is 0 Å². The van der Waals surface area contributed by atoms with E-state index >= 15 is 0 Å². The minimum Gasteiger partial charge on any atom is -0.374 e.